The third-order valence-corrected chi connectivity index (χ3v) is 2.21. The molecule has 0 spiro atoms. The molecule has 4 heteroatoms. The van der Waals surface area contributed by atoms with E-state index in [2.05, 4.69) is 0 Å². The summed E-state index contributed by atoms with van der Waals surface area (Å²) in [5, 5.41) is 0. The van der Waals surface area contributed by atoms with Gasteiger partial charge in [0, 0.05) is 0 Å². The van der Waals surface area contributed by atoms with Gasteiger partial charge in [-0.3, -0.25) is 0 Å². The van der Waals surface area contributed by atoms with Crippen LogP contribution in [0.4, 0.5) is 4.39 Å². The lowest BCUT2D eigenvalue weighted by Gasteiger charge is -2.04. The molecule has 0 saturated heterocycles. The van der Waals surface area contributed by atoms with Crippen LogP contribution >= 0.6 is 0 Å². The van der Waals surface area contributed by atoms with Gasteiger partial charge < -0.3 is 15.2 Å². The minimum atomic E-state index is -0.312. The standard InChI is InChI=1S/C10H12FNO2/c11-9-7(2-1-5-12)3-4-8-10(9)14-6-13-8/h3-4H,1-2,5-6,12H2. The molecule has 1 aliphatic rings. The average molecular weight is 197 g/mol. The van der Waals surface area contributed by atoms with E-state index in [-0.39, 0.29) is 18.4 Å². The van der Waals surface area contributed by atoms with E-state index in [1.807, 2.05) is 0 Å². The van der Waals surface area contributed by atoms with E-state index in [0.29, 0.717) is 24.3 Å². The van der Waals surface area contributed by atoms with Crippen LogP contribution in [0, 0.1) is 5.82 Å². The summed E-state index contributed by atoms with van der Waals surface area (Å²) in [4.78, 5) is 0. The number of rotatable bonds is 3. The van der Waals surface area contributed by atoms with Crippen molar-refractivity contribution in [3.63, 3.8) is 0 Å². The van der Waals surface area contributed by atoms with Crippen molar-refractivity contribution in [3.8, 4) is 11.5 Å². The van der Waals surface area contributed by atoms with Gasteiger partial charge in [-0.05, 0) is 31.0 Å². The number of nitrogens with two attached hydrogens (primary N) is 1. The van der Waals surface area contributed by atoms with Crippen molar-refractivity contribution in [2.75, 3.05) is 13.3 Å². The second kappa shape index (κ2) is 3.84. The molecule has 0 amide bonds. The highest BCUT2D eigenvalue weighted by Crippen LogP contribution is 2.36. The Labute approximate surface area is 81.6 Å². The van der Waals surface area contributed by atoms with E-state index < -0.39 is 0 Å². The van der Waals surface area contributed by atoms with Crippen LogP contribution in [0.5, 0.6) is 11.5 Å². The Hall–Kier alpha value is -1.29. The molecule has 0 atom stereocenters. The molecule has 2 N–H and O–H groups in total. The van der Waals surface area contributed by atoms with Gasteiger partial charge in [-0.1, -0.05) is 6.07 Å². The molecule has 0 bridgehead atoms. The lowest BCUT2D eigenvalue weighted by Crippen LogP contribution is -2.02. The van der Waals surface area contributed by atoms with Gasteiger partial charge in [-0.15, -0.1) is 0 Å². The largest absolute Gasteiger partial charge is 0.453 e. The van der Waals surface area contributed by atoms with Gasteiger partial charge in [-0.2, -0.15) is 0 Å². The van der Waals surface area contributed by atoms with Gasteiger partial charge in [0.25, 0.3) is 0 Å². The van der Waals surface area contributed by atoms with Crippen LogP contribution in [0.15, 0.2) is 12.1 Å². The first-order chi connectivity index (χ1) is 6.83. The van der Waals surface area contributed by atoms with Crippen molar-refractivity contribution in [3.05, 3.63) is 23.5 Å². The lowest BCUT2D eigenvalue weighted by atomic mass is 10.1. The Morgan fingerprint density at radius 3 is 3.00 bits per heavy atom. The Bertz CT molecular complexity index is 341. The second-order valence-electron chi connectivity index (χ2n) is 3.16. The van der Waals surface area contributed by atoms with E-state index >= 15 is 0 Å². The van der Waals surface area contributed by atoms with E-state index in [0.717, 1.165) is 6.42 Å². The molecule has 1 aromatic rings. The van der Waals surface area contributed by atoms with Crippen LogP contribution in [0.25, 0.3) is 0 Å². The molecule has 1 aromatic carbocycles. The Morgan fingerprint density at radius 1 is 1.36 bits per heavy atom. The van der Waals surface area contributed by atoms with Crippen LogP contribution in [-0.4, -0.2) is 13.3 Å². The molecule has 1 heterocycles. The van der Waals surface area contributed by atoms with Crippen molar-refractivity contribution in [2.45, 2.75) is 12.8 Å². The molecule has 2 rings (SSSR count). The van der Waals surface area contributed by atoms with Gasteiger partial charge in [-0.25, -0.2) is 4.39 Å². The third kappa shape index (κ3) is 1.53. The first-order valence-corrected chi connectivity index (χ1v) is 4.60. The van der Waals surface area contributed by atoms with Crippen molar-refractivity contribution in [1.29, 1.82) is 0 Å². The number of ether oxygens (including phenoxy) is 2. The van der Waals surface area contributed by atoms with E-state index in [9.17, 15) is 4.39 Å². The maximum Gasteiger partial charge on any atom is 0.231 e. The maximum atomic E-state index is 13.7. The number of benzene rings is 1. The average Bonchev–Trinajstić information content (AvgIpc) is 2.66. The number of halogens is 1. The molecule has 14 heavy (non-hydrogen) atoms. The zero-order valence-corrected chi connectivity index (χ0v) is 7.75. The summed E-state index contributed by atoms with van der Waals surface area (Å²) >= 11 is 0. The molecule has 0 radical (unpaired) electrons. The smallest absolute Gasteiger partial charge is 0.231 e. The van der Waals surface area contributed by atoms with Crippen molar-refractivity contribution >= 4 is 0 Å². The van der Waals surface area contributed by atoms with Crippen LogP contribution in [0.3, 0.4) is 0 Å². The molecular formula is C10H12FNO2. The summed E-state index contributed by atoms with van der Waals surface area (Å²) in [6.45, 7) is 0.667. The van der Waals surface area contributed by atoms with Crippen molar-refractivity contribution in [1.82, 2.24) is 0 Å². The Morgan fingerprint density at radius 2 is 2.21 bits per heavy atom. The van der Waals surface area contributed by atoms with Gasteiger partial charge in [0.1, 0.15) is 0 Å². The van der Waals surface area contributed by atoms with Crippen molar-refractivity contribution in [2.24, 2.45) is 5.73 Å². The summed E-state index contributed by atoms with van der Waals surface area (Å²) in [6.07, 6.45) is 1.41. The summed E-state index contributed by atoms with van der Waals surface area (Å²) in [5.41, 5.74) is 6.00. The van der Waals surface area contributed by atoms with Gasteiger partial charge >= 0.3 is 0 Å². The van der Waals surface area contributed by atoms with E-state index in [4.69, 9.17) is 15.2 Å². The SMILES string of the molecule is NCCCc1ccc2c(c1F)OCO2. The molecule has 0 saturated carbocycles. The van der Waals surface area contributed by atoms with Crippen LogP contribution in [0.2, 0.25) is 0 Å². The minimum absolute atomic E-state index is 0.104. The molecule has 0 aliphatic carbocycles. The molecule has 0 aromatic heterocycles. The van der Waals surface area contributed by atoms with Crippen LogP contribution in [-0.2, 0) is 6.42 Å². The van der Waals surface area contributed by atoms with Crippen molar-refractivity contribution < 1.29 is 13.9 Å². The fraction of sp³-hybridized carbons (Fsp3) is 0.400. The molecular weight excluding hydrogens is 185 g/mol. The topological polar surface area (TPSA) is 44.5 Å². The van der Waals surface area contributed by atoms with Gasteiger partial charge in [0.2, 0.25) is 12.5 Å². The molecule has 1 aliphatic heterocycles. The summed E-state index contributed by atoms with van der Waals surface area (Å²) < 4.78 is 23.7. The zero-order chi connectivity index (χ0) is 9.97. The number of fused-ring (bicyclic) bond motifs is 1. The van der Waals surface area contributed by atoms with Crippen LogP contribution < -0.4 is 15.2 Å². The van der Waals surface area contributed by atoms with Gasteiger partial charge in [0.15, 0.2) is 11.6 Å². The number of hydrogen-bond acceptors (Lipinski definition) is 3. The number of aryl methyl sites for hydroxylation is 1. The highest BCUT2D eigenvalue weighted by atomic mass is 19.1. The normalized spacial score (nSPS) is 13.3. The quantitative estimate of drug-likeness (QED) is 0.797. The van der Waals surface area contributed by atoms with Gasteiger partial charge in [0.05, 0.1) is 0 Å². The summed E-state index contributed by atoms with van der Waals surface area (Å²) in [7, 11) is 0. The highest BCUT2D eigenvalue weighted by molar-refractivity contribution is 5.46. The second-order valence-corrected chi connectivity index (χ2v) is 3.16. The minimum Gasteiger partial charge on any atom is -0.453 e. The lowest BCUT2D eigenvalue weighted by molar-refractivity contribution is 0.170. The molecule has 0 fully saturated rings. The molecule has 0 unspecified atom stereocenters. The highest BCUT2D eigenvalue weighted by Gasteiger charge is 2.20. The first kappa shape index (κ1) is 9.27. The van der Waals surface area contributed by atoms with E-state index in [1.54, 1.807) is 12.1 Å². The third-order valence-electron chi connectivity index (χ3n) is 2.21. The first-order valence-electron chi connectivity index (χ1n) is 4.60. The Kier molecular flexibility index (Phi) is 2.54. The number of hydrogen-bond donors (Lipinski definition) is 1. The monoisotopic (exact) mass is 197 g/mol. The zero-order valence-electron chi connectivity index (χ0n) is 7.75. The Balaban J connectivity index is 2.26. The maximum absolute atomic E-state index is 13.7. The predicted octanol–water partition coefficient (Wildman–Crippen LogP) is 1.45. The van der Waals surface area contributed by atoms with Crippen LogP contribution in [0.1, 0.15) is 12.0 Å². The fourth-order valence-corrected chi connectivity index (χ4v) is 1.46. The molecule has 76 valence electrons. The summed E-state index contributed by atoms with van der Waals surface area (Å²) in [6, 6.07) is 3.45. The fourth-order valence-electron chi connectivity index (χ4n) is 1.46. The van der Waals surface area contributed by atoms with E-state index in [1.165, 1.54) is 0 Å². The summed E-state index contributed by atoms with van der Waals surface area (Å²) in [5.74, 6) is 0.409. The molecule has 3 nitrogen and oxygen atoms in total. The predicted molar refractivity (Wildman–Crippen MR) is 49.9 cm³/mol.